The van der Waals surface area contributed by atoms with E-state index in [1.54, 1.807) is 30.2 Å². The van der Waals surface area contributed by atoms with Crippen molar-refractivity contribution in [3.8, 4) is 0 Å². The Morgan fingerprint density at radius 3 is 3.16 bits per heavy atom. The van der Waals surface area contributed by atoms with Gasteiger partial charge in [-0.2, -0.15) is 11.8 Å². The summed E-state index contributed by atoms with van der Waals surface area (Å²) < 4.78 is 5.44. The predicted octanol–water partition coefficient (Wildman–Crippen LogP) is 2.23. The summed E-state index contributed by atoms with van der Waals surface area (Å²) in [6.07, 6.45) is 7.19. The first-order valence-electron chi connectivity index (χ1n) is 6.13. The highest BCUT2D eigenvalue weighted by Crippen LogP contribution is 2.13. The van der Waals surface area contributed by atoms with Crippen molar-refractivity contribution < 1.29 is 9.21 Å². The van der Waals surface area contributed by atoms with Gasteiger partial charge in [-0.15, -0.1) is 0 Å². The summed E-state index contributed by atoms with van der Waals surface area (Å²) in [4.78, 5) is 18.9. The van der Waals surface area contributed by atoms with E-state index in [4.69, 9.17) is 4.42 Å². The van der Waals surface area contributed by atoms with Gasteiger partial charge in [0.15, 0.2) is 5.76 Å². The molecule has 0 aliphatic heterocycles. The minimum absolute atomic E-state index is 0.160. The number of rotatable bonds is 7. The molecule has 2 aromatic heterocycles. The first-order valence-corrected chi connectivity index (χ1v) is 7.53. The molecule has 19 heavy (non-hydrogen) atoms. The number of hydrogen-bond acceptors (Lipinski definition) is 4. The summed E-state index contributed by atoms with van der Waals surface area (Å²) in [5, 5.41) is 2.84. The lowest BCUT2D eigenvalue weighted by Crippen LogP contribution is -2.24. The quantitative estimate of drug-likeness (QED) is 0.762. The summed E-state index contributed by atoms with van der Waals surface area (Å²) in [6, 6.07) is 3.56. The van der Waals surface area contributed by atoms with Crippen LogP contribution < -0.4 is 5.32 Å². The van der Waals surface area contributed by atoms with Crippen LogP contribution in [0.5, 0.6) is 0 Å². The number of imidazole rings is 1. The monoisotopic (exact) mass is 279 g/mol. The van der Waals surface area contributed by atoms with Crippen LogP contribution >= 0.6 is 11.8 Å². The number of aromatic amines is 1. The third kappa shape index (κ3) is 4.17. The van der Waals surface area contributed by atoms with Crippen molar-refractivity contribution in [2.24, 2.45) is 0 Å². The lowest BCUT2D eigenvalue weighted by molar-refractivity contribution is 0.0924. The number of nitrogens with zero attached hydrogens (tertiary/aromatic N) is 1. The number of H-pyrrole nitrogens is 1. The third-order valence-electron chi connectivity index (χ3n) is 2.60. The Hall–Kier alpha value is -1.69. The van der Waals surface area contributed by atoms with Gasteiger partial charge >= 0.3 is 0 Å². The molecule has 0 aliphatic rings. The Kier molecular flexibility index (Phi) is 5.09. The van der Waals surface area contributed by atoms with Gasteiger partial charge in [-0.1, -0.05) is 0 Å². The van der Waals surface area contributed by atoms with Crippen LogP contribution in [0.3, 0.4) is 0 Å². The van der Waals surface area contributed by atoms with Crippen molar-refractivity contribution in [3.05, 3.63) is 41.9 Å². The molecule has 0 fully saturated rings. The predicted molar refractivity (Wildman–Crippen MR) is 75.2 cm³/mol. The van der Waals surface area contributed by atoms with Crippen LogP contribution in [0.2, 0.25) is 0 Å². The maximum atomic E-state index is 11.8. The molecule has 5 nitrogen and oxygen atoms in total. The highest BCUT2D eigenvalue weighted by Gasteiger charge is 2.10. The number of carbonyl (C=O) groups excluding carboxylic acids is 1. The Balaban J connectivity index is 1.71. The number of thioether (sulfide) groups is 1. The Morgan fingerprint density at radius 1 is 1.53 bits per heavy atom. The second kappa shape index (κ2) is 7.04. The summed E-state index contributed by atoms with van der Waals surface area (Å²) in [5.74, 6) is 2.77. The molecule has 6 heteroatoms. The Morgan fingerprint density at radius 2 is 2.42 bits per heavy atom. The molecule has 0 saturated carbocycles. The number of amides is 1. The van der Waals surface area contributed by atoms with Gasteiger partial charge in [0, 0.05) is 25.4 Å². The lowest BCUT2D eigenvalue weighted by Gasteiger charge is -2.02. The standard InChI is InChI=1S/C13H17N3O2S/c1-19-9-10-4-5-11(18-10)13(17)16-6-2-3-12-14-7-8-15-12/h4-5,7-8H,2-3,6,9H2,1H3,(H,14,15)(H,16,17). The zero-order chi connectivity index (χ0) is 13.5. The molecular weight excluding hydrogens is 262 g/mol. The molecule has 0 saturated heterocycles. The fraction of sp³-hybridized carbons (Fsp3) is 0.385. The summed E-state index contributed by atoms with van der Waals surface area (Å²) in [5.41, 5.74) is 0. The zero-order valence-electron chi connectivity index (χ0n) is 10.8. The largest absolute Gasteiger partial charge is 0.455 e. The van der Waals surface area contributed by atoms with Gasteiger partial charge in [-0.05, 0) is 24.8 Å². The number of aryl methyl sites for hydroxylation is 1. The summed E-state index contributed by atoms with van der Waals surface area (Å²) >= 11 is 1.66. The van der Waals surface area contributed by atoms with Crippen LogP contribution in [-0.2, 0) is 12.2 Å². The molecular formula is C13H17N3O2S. The van der Waals surface area contributed by atoms with Crippen molar-refractivity contribution in [1.29, 1.82) is 0 Å². The average molecular weight is 279 g/mol. The molecule has 1 amide bonds. The van der Waals surface area contributed by atoms with Crippen molar-refractivity contribution in [2.75, 3.05) is 12.8 Å². The number of furan rings is 1. The van der Waals surface area contributed by atoms with E-state index in [2.05, 4.69) is 15.3 Å². The first-order chi connectivity index (χ1) is 9.29. The summed E-state index contributed by atoms with van der Waals surface area (Å²) in [6.45, 7) is 0.609. The fourth-order valence-electron chi connectivity index (χ4n) is 1.70. The molecule has 0 bridgehead atoms. The van der Waals surface area contributed by atoms with Gasteiger partial charge in [0.05, 0.1) is 5.75 Å². The fourth-order valence-corrected chi connectivity index (χ4v) is 2.14. The molecule has 0 unspecified atom stereocenters. The number of nitrogens with one attached hydrogen (secondary N) is 2. The van der Waals surface area contributed by atoms with Gasteiger partial charge < -0.3 is 14.7 Å². The van der Waals surface area contributed by atoms with Crippen molar-refractivity contribution in [2.45, 2.75) is 18.6 Å². The van der Waals surface area contributed by atoms with Crippen LogP contribution in [0.25, 0.3) is 0 Å². The van der Waals surface area contributed by atoms with Gasteiger partial charge in [-0.25, -0.2) is 4.98 Å². The SMILES string of the molecule is CSCc1ccc(C(=O)NCCCc2ncc[nH]2)o1. The van der Waals surface area contributed by atoms with Crippen LogP contribution in [0.15, 0.2) is 28.9 Å². The average Bonchev–Trinajstić information content (AvgIpc) is 3.06. The molecule has 0 spiro atoms. The summed E-state index contributed by atoms with van der Waals surface area (Å²) in [7, 11) is 0. The molecule has 2 rings (SSSR count). The molecule has 0 aromatic carbocycles. The smallest absolute Gasteiger partial charge is 0.286 e. The maximum Gasteiger partial charge on any atom is 0.286 e. The minimum Gasteiger partial charge on any atom is -0.455 e. The maximum absolute atomic E-state index is 11.8. The van der Waals surface area contributed by atoms with E-state index in [1.165, 1.54) is 0 Å². The van der Waals surface area contributed by atoms with E-state index in [9.17, 15) is 4.79 Å². The second-order valence-electron chi connectivity index (χ2n) is 4.09. The van der Waals surface area contributed by atoms with Gasteiger partial charge in [0.1, 0.15) is 11.6 Å². The molecule has 0 aliphatic carbocycles. The van der Waals surface area contributed by atoms with Gasteiger partial charge in [0.2, 0.25) is 0 Å². The normalized spacial score (nSPS) is 10.6. The minimum atomic E-state index is -0.160. The Labute approximate surface area is 116 Å². The molecule has 2 aromatic rings. The zero-order valence-corrected chi connectivity index (χ0v) is 11.6. The van der Waals surface area contributed by atoms with Crippen LogP contribution in [0, 0.1) is 0 Å². The molecule has 0 atom stereocenters. The number of aromatic nitrogens is 2. The van der Waals surface area contributed by atoms with Crippen LogP contribution in [0.1, 0.15) is 28.6 Å². The molecule has 2 heterocycles. The topological polar surface area (TPSA) is 70.9 Å². The molecule has 0 radical (unpaired) electrons. The molecule has 2 N–H and O–H groups in total. The highest BCUT2D eigenvalue weighted by atomic mass is 32.2. The van der Waals surface area contributed by atoms with Crippen molar-refractivity contribution >= 4 is 17.7 Å². The van der Waals surface area contributed by atoms with Crippen LogP contribution in [-0.4, -0.2) is 28.7 Å². The van der Waals surface area contributed by atoms with Gasteiger partial charge in [0.25, 0.3) is 5.91 Å². The number of hydrogen-bond donors (Lipinski definition) is 2. The van der Waals surface area contributed by atoms with E-state index in [-0.39, 0.29) is 5.91 Å². The molecule has 102 valence electrons. The van der Waals surface area contributed by atoms with Crippen LogP contribution in [0.4, 0.5) is 0 Å². The van der Waals surface area contributed by atoms with E-state index in [0.29, 0.717) is 12.3 Å². The lowest BCUT2D eigenvalue weighted by atomic mass is 10.3. The van der Waals surface area contributed by atoms with E-state index >= 15 is 0 Å². The van der Waals surface area contributed by atoms with E-state index in [0.717, 1.165) is 30.2 Å². The Bertz CT molecular complexity index is 508. The number of carbonyl (C=O) groups is 1. The highest BCUT2D eigenvalue weighted by molar-refractivity contribution is 7.97. The second-order valence-corrected chi connectivity index (χ2v) is 4.96. The van der Waals surface area contributed by atoms with Crippen molar-refractivity contribution in [3.63, 3.8) is 0 Å². The van der Waals surface area contributed by atoms with E-state index in [1.807, 2.05) is 12.3 Å². The van der Waals surface area contributed by atoms with Crippen molar-refractivity contribution in [1.82, 2.24) is 15.3 Å². The first kappa shape index (κ1) is 13.7. The third-order valence-corrected chi connectivity index (χ3v) is 3.18. The van der Waals surface area contributed by atoms with E-state index < -0.39 is 0 Å². The van der Waals surface area contributed by atoms with Gasteiger partial charge in [-0.3, -0.25) is 4.79 Å².